The van der Waals surface area contributed by atoms with Crippen molar-refractivity contribution >= 4 is 20.9 Å². The maximum atomic E-state index is 13.9. The highest BCUT2D eigenvalue weighted by Crippen LogP contribution is 2.33. The number of rotatable bonds is 3. The van der Waals surface area contributed by atoms with E-state index in [0.717, 1.165) is 30.0 Å². The monoisotopic (exact) mass is 342 g/mol. The van der Waals surface area contributed by atoms with Crippen molar-refractivity contribution in [3.63, 3.8) is 0 Å². The molecular formula is C18H15FN2O2S. The number of nitrogens with zero attached hydrogens (tertiary/aromatic N) is 1. The highest BCUT2D eigenvalue weighted by molar-refractivity contribution is 7.89. The first-order chi connectivity index (χ1) is 11.6. The highest BCUT2D eigenvalue weighted by Gasteiger charge is 2.28. The number of hydrogen-bond acceptors (Lipinski definition) is 3. The molecule has 1 aliphatic rings. The SMILES string of the molecule is O=S(=O)(NC1CCc2ccccc21)c1ccc(F)c2ncccc12. The normalized spacial score (nSPS) is 17.1. The number of pyridine rings is 1. The van der Waals surface area contributed by atoms with Crippen LogP contribution in [0.15, 0.2) is 59.6 Å². The van der Waals surface area contributed by atoms with Gasteiger partial charge >= 0.3 is 0 Å². The summed E-state index contributed by atoms with van der Waals surface area (Å²) in [6, 6.07) is 13.2. The van der Waals surface area contributed by atoms with E-state index < -0.39 is 15.8 Å². The third kappa shape index (κ3) is 2.48. The number of fused-ring (bicyclic) bond motifs is 2. The number of hydrogen-bond donors (Lipinski definition) is 1. The molecular weight excluding hydrogens is 327 g/mol. The molecule has 122 valence electrons. The van der Waals surface area contributed by atoms with Crippen LogP contribution in [0.1, 0.15) is 23.6 Å². The van der Waals surface area contributed by atoms with Crippen LogP contribution in [-0.2, 0) is 16.4 Å². The summed E-state index contributed by atoms with van der Waals surface area (Å²) in [6.07, 6.45) is 3.01. The van der Waals surface area contributed by atoms with Gasteiger partial charge in [-0.2, -0.15) is 0 Å². The predicted octanol–water partition coefficient (Wildman–Crippen LogP) is 3.34. The quantitative estimate of drug-likeness (QED) is 0.794. The lowest BCUT2D eigenvalue weighted by molar-refractivity contribution is 0.555. The van der Waals surface area contributed by atoms with Gasteiger partial charge in [-0.15, -0.1) is 0 Å². The summed E-state index contributed by atoms with van der Waals surface area (Å²) in [6.45, 7) is 0. The highest BCUT2D eigenvalue weighted by atomic mass is 32.2. The minimum Gasteiger partial charge on any atom is -0.253 e. The van der Waals surface area contributed by atoms with Crippen LogP contribution in [0.25, 0.3) is 10.9 Å². The Balaban J connectivity index is 1.76. The second-order valence-electron chi connectivity index (χ2n) is 5.86. The summed E-state index contributed by atoms with van der Waals surface area (Å²) in [4.78, 5) is 4.01. The first-order valence-corrected chi connectivity index (χ1v) is 9.18. The van der Waals surface area contributed by atoms with E-state index in [2.05, 4.69) is 9.71 Å². The lowest BCUT2D eigenvalue weighted by atomic mass is 10.1. The van der Waals surface area contributed by atoms with Gasteiger partial charge in [-0.3, -0.25) is 4.98 Å². The number of benzene rings is 2. The van der Waals surface area contributed by atoms with Gasteiger partial charge in [0.05, 0.1) is 4.90 Å². The van der Waals surface area contributed by atoms with Gasteiger partial charge in [0.1, 0.15) is 11.3 Å². The molecule has 0 saturated heterocycles. The number of halogens is 1. The molecule has 4 rings (SSSR count). The molecule has 3 aromatic rings. The summed E-state index contributed by atoms with van der Waals surface area (Å²) >= 11 is 0. The first-order valence-electron chi connectivity index (χ1n) is 7.69. The summed E-state index contributed by atoms with van der Waals surface area (Å²) < 4.78 is 42.4. The van der Waals surface area contributed by atoms with Crippen molar-refractivity contribution in [2.24, 2.45) is 0 Å². The second-order valence-corrected chi connectivity index (χ2v) is 7.54. The zero-order chi connectivity index (χ0) is 16.7. The van der Waals surface area contributed by atoms with Gasteiger partial charge in [-0.1, -0.05) is 24.3 Å². The molecule has 1 aromatic heterocycles. The van der Waals surface area contributed by atoms with Gasteiger partial charge in [0.15, 0.2) is 0 Å². The largest absolute Gasteiger partial charge is 0.253 e. The maximum Gasteiger partial charge on any atom is 0.241 e. The van der Waals surface area contributed by atoms with Crippen LogP contribution in [-0.4, -0.2) is 13.4 Å². The molecule has 0 spiro atoms. The molecule has 0 bridgehead atoms. The van der Waals surface area contributed by atoms with Gasteiger partial charge in [-0.05, 0) is 48.2 Å². The van der Waals surface area contributed by atoms with Gasteiger partial charge < -0.3 is 0 Å². The summed E-state index contributed by atoms with van der Waals surface area (Å²) in [5, 5.41) is 0.288. The van der Waals surface area contributed by atoms with Crippen LogP contribution < -0.4 is 4.72 Å². The van der Waals surface area contributed by atoms with Crippen molar-refractivity contribution in [1.82, 2.24) is 9.71 Å². The lowest BCUT2D eigenvalue weighted by Crippen LogP contribution is -2.27. The van der Waals surface area contributed by atoms with Crippen LogP contribution in [0.3, 0.4) is 0 Å². The Morgan fingerprint density at radius 1 is 1.08 bits per heavy atom. The molecule has 0 amide bonds. The van der Waals surface area contributed by atoms with Crippen molar-refractivity contribution in [3.8, 4) is 0 Å². The molecule has 24 heavy (non-hydrogen) atoms. The number of aryl methyl sites for hydroxylation is 1. The Kier molecular flexibility index (Phi) is 3.58. The zero-order valence-corrected chi connectivity index (χ0v) is 13.6. The summed E-state index contributed by atoms with van der Waals surface area (Å²) in [5.74, 6) is -0.532. The Hall–Kier alpha value is -2.31. The van der Waals surface area contributed by atoms with E-state index in [9.17, 15) is 12.8 Å². The molecule has 0 aliphatic heterocycles. The molecule has 0 saturated carbocycles. The topological polar surface area (TPSA) is 59.1 Å². The van der Waals surface area contributed by atoms with Crippen LogP contribution in [0.4, 0.5) is 4.39 Å². The Labute approximate surface area is 139 Å². The second kappa shape index (κ2) is 5.65. The van der Waals surface area contributed by atoms with Gasteiger partial charge in [0.25, 0.3) is 0 Å². The minimum absolute atomic E-state index is 0.0522. The average molecular weight is 342 g/mol. The van der Waals surface area contributed by atoms with Crippen LogP contribution in [0.2, 0.25) is 0 Å². The van der Waals surface area contributed by atoms with E-state index in [1.54, 1.807) is 12.1 Å². The molecule has 4 nitrogen and oxygen atoms in total. The molecule has 0 radical (unpaired) electrons. The standard InChI is InChI=1S/C18H15FN2O2S/c19-15-8-10-17(14-6-3-11-20-18(14)15)24(22,23)21-16-9-7-12-4-1-2-5-13(12)16/h1-6,8,10-11,16,21H,7,9H2. The fourth-order valence-electron chi connectivity index (χ4n) is 3.28. The van der Waals surface area contributed by atoms with Crippen molar-refractivity contribution in [2.45, 2.75) is 23.8 Å². The predicted molar refractivity (Wildman–Crippen MR) is 89.5 cm³/mol. The van der Waals surface area contributed by atoms with E-state index in [4.69, 9.17) is 0 Å². The Morgan fingerprint density at radius 2 is 1.92 bits per heavy atom. The molecule has 0 fully saturated rings. The zero-order valence-electron chi connectivity index (χ0n) is 12.7. The van der Waals surface area contributed by atoms with Crippen molar-refractivity contribution in [2.75, 3.05) is 0 Å². The Morgan fingerprint density at radius 3 is 2.79 bits per heavy atom. The molecule has 1 aliphatic carbocycles. The molecule has 1 unspecified atom stereocenters. The van der Waals surface area contributed by atoms with Crippen LogP contribution in [0, 0.1) is 5.82 Å². The van der Waals surface area contributed by atoms with E-state index in [1.165, 1.54) is 12.3 Å². The molecule has 1 atom stereocenters. The number of aromatic nitrogens is 1. The van der Waals surface area contributed by atoms with Crippen LogP contribution >= 0.6 is 0 Å². The van der Waals surface area contributed by atoms with E-state index in [-0.39, 0.29) is 21.8 Å². The average Bonchev–Trinajstić information content (AvgIpc) is 2.98. The minimum atomic E-state index is -3.79. The van der Waals surface area contributed by atoms with Crippen molar-refractivity contribution in [3.05, 3.63) is 71.7 Å². The number of sulfonamides is 1. The third-order valence-corrected chi connectivity index (χ3v) is 5.93. The van der Waals surface area contributed by atoms with E-state index in [0.29, 0.717) is 0 Å². The molecule has 6 heteroatoms. The fourth-order valence-corrected chi connectivity index (χ4v) is 4.72. The van der Waals surface area contributed by atoms with E-state index >= 15 is 0 Å². The molecule has 1 N–H and O–H groups in total. The van der Waals surface area contributed by atoms with Crippen LogP contribution in [0.5, 0.6) is 0 Å². The maximum absolute atomic E-state index is 13.9. The van der Waals surface area contributed by atoms with E-state index in [1.807, 2.05) is 24.3 Å². The lowest BCUT2D eigenvalue weighted by Gasteiger charge is -2.15. The van der Waals surface area contributed by atoms with Crippen molar-refractivity contribution in [1.29, 1.82) is 0 Å². The smallest absolute Gasteiger partial charge is 0.241 e. The van der Waals surface area contributed by atoms with Gasteiger partial charge in [0, 0.05) is 17.6 Å². The first kappa shape index (κ1) is 15.2. The molecule has 1 heterocycles. The third-order valence-electron chi connectivity index (χ3n) is 4.40. The van der Waals surface area contributed by atoms with Gasteiger partial charge in [-0.25, -0.2) is 17.5 Å². The fraction of sp³-hybridized carbons (Fsp3) is 0.167. The summed E-state index contributed by atoms with van der Waals surface area (Å²) in [7, 11) is -3.79. The summed E-state index contributed by atoms with van der Waals surface area (Å²) in [5.41, 5.74) is 2.23. The van der Waals surface area contributed by atoms with Crippen molar-refractivity contribution < 1.29 is 12.8 Å². The molecule has 2 aromatic carbocycles. The van der Waals surface area contributed by atoms with Gasteiger partial charge in [0.2, 0.25) is 10.0 Å². The number of nitrogens with one attached hydrogen (secondary N) is 1. The Bertz CT molecular complexity index is 1030.